The zero-order chi connectivity index (χ0) is 15.6. The van der Waals surface area contributed by atoms with Gasteiger partial charge < -0.3 is 10.6 Å². The van der Waals surface area contributed by atoms with Crippen molar-refractivity contribution in [3.05, 3.63) is 48.3 Å². The molecule has 0 amide bonds. The molecule has 2 rings (SSSR count). The molecule has 0 spiro atoms. The minimum absolute atomic E-state index is 0. The number of benzene rings is 1. The van der Waals surface area contributed by atoms with Crippen LogP contribution in [0.25, 0.3) is 5.69 Å². The summed E-state index contributed by atoms with van der Waals surface area (Å²) in [4.78, 5) is 4.64. The Morgan fingerprint density at radius 2 is 2.09 bits per heavy atom. The lowest BCUT2D eigenvalue weighted by Gasteiger charge is -2.11. The van der Waals surface area contributed by atoms with Crippen LogP contribution in [0.1, 0.15) is 32.3 Å². The van der Waals surface area contributed by atoms with E-state index >= 15 is 0 Å². The highest BCUT2D eigenvalue weighted by Gasteiger charge is 2.00. The average Bonchev–Trinajstić information content (AvgIpc) is 3.07. The summed E-state index contributed by atoms with van der Waals surface area (Å²) in [6, 6.07) is 10.2. The Morgan fingerprint density at radius 3 is 2.78 bits per heavy atom. The molecule has 0 radical (unpaired) electrons. The molecule has 6 heteroatoms. The van der Waals surface area contributed by atoms with Gasteiger partial charge in [0.15, 0.2) is 5.96 Å². The third-order valence-electron chi connectivity index (χ3n) is 3.27. The van der Waals surface area contributed by atoms with Gasteiger partial charge in [-0.2, -0.15) is 5.10 Å². The molecule has 0 bridgehead atoms. The number of hydrogen-bond donors (Lipinski definition) is 2. The largest absolute Gasteiger partial charge is 0.357 e. The van der Waals surface area contributed by atoms with Crippen molar-refractivity contribution in [2.45, 2.75) is 33.2 Å². The van der Waals surface area contributed by atoms with Gasteiger partial charge in [0, 0.05) is 25.5 Å². The van der Waals surface area contributed by atoms with E-state index in [2.05, 4.69) is 46.7 Å². The Balaban J connectivity index is 0.00000264. The van der Waals surface area contributed by atoms with E-state index in [9.17, 15) is 0 Å². The molecule has 0 saturated heterocycles. The van der Waals surface area contributed by atoms with Gasteiger partial charge in [-0.25, -0.2) is 9.67 Å². The number of aliphatic imine (C=N–C) groups is 1. The maximum absolute atomic E-state index is 4.64. The van der Waals surface area contributed by atoms with Crippen LogP contribution in [0.2, 0.25) is 0 Å². The van der Waals surface area contributed by atoms with Crippen LogP contribution in [0.15, 0.2) is 47.7 Å². The fourth-order valence-corrected chi connectivity index (χ4v) is 2.11. The lowest BCUT2D eigenvalue weighted by Crippen LogP contribution is -2.37. The zero-order valence-corrected chi connectivity index (χ0v) is 16.2. The summed E-state index contributed by atoms with van der Waals surface area (Å²) in [6.07, 6.45) is 6.06. The monoisotopic (exact) mass is 427 g/mol. The van der Waals surface area contributed by atoms with Gasteiger partial charge in [0.25, 0.3) is 0 Å². The van der Waals surface area contributed by atoms with Crippen LogP contribution >= 0.6 is 24.0 Å². The van der Waals surface area contributed by atoms with Crippen molar-refractivity contribution in [2.75, 3.05) is 13.1 Å². The third-order valence-corrected chi connectivity index (χ3v) is 3.27. The Kier molecular flexibility index (Phi) is 9.35. The summed E-state index contributed by atoms with van der Waals surface area (Å²) < 4.78 is 1.86. The molecule has 1 heterocycles. The minimum atomic E-state index is 0. The van der Waals surface area contributed by atoms with Gasteiger partial charge in [-0.15, -0.1) is 24.0 Å². The minimum Gasteiger partial charge on any atom is -0.357 e. The van der Waals surface area contributed by atoms with Crippen molar-refractivity contribution in [1.82, 2.24) is 20.4 Å². The second-order valence-electron chi connectivity index (χ2n) is 5.10. The SMILES string of the molecule is CCCCNC(=NCc1cccc(-n2cccn2)c1)NCC.I. The highest BCUT2D eigenvalue weighted by molar-refractivity contribution is 14.0. The van der Waals surface area contributed by atoms with Crippen LogP contribution < -0.4 is 10.6 Å². The lowest BCUT2D eigenvalue weighted by atomic mass is 10.2. The van der Waals surface area contributed by atoms with Crippen LogP contribution in [0, 0.1) is 0 Å². The van der Waals surface area contributed by atoms with E-state index in [4.69, 9.17) is 0 Å². The number of halogens is 1. The molecule has 2 aromatic rings. The van der Waals surface area contributed by atoms with Gasteiger partial charge in [-0.05, 0) is 37.1 Å². The normalized spacial score (nSPS) is 11.0. The summed E-state index contributed by atoms with van der Waals surface area (Å²) in [5.74, 6) is 0.875. The first-order valence-corrected chi connectivity index (χ1v) is 7.94. The van der Waals surface area contributed by atoms with Crippen LogP contribution in [-0.4, -0.2) is 28.8 Å². The van der Waals surface area contributed by atoms with E-state index in [0.29, 0.717) is 6.54 Å². The van der Waals surface area contributed by atoms with Crippen molar-refractivity contribution >= 4 is 29.9 Å². The number of guanidine groups is 1. The summed E-state index contributed by atoms with van der Waals surface area (Å²) in [5.41, 5.74) is 2.22. The standard InChI is InChI=1S/C17H25N5.HI/c1-3-5-10-19-17(18-4-2)20-14-15-8-6-9-16(13-15)22-12-7-11-21-22;/h6-9,11-13H,3-5,10,14H2,1-2H3,(H2,18,19,20);1H. The number of unbranched alkanes of at least 4 members (excludes halogenated alkanes) is 1. The number of nitrogens with zero attached hydrogens (tertiary/aromatic N) is 3. The smallest absolute Gasteiger partial charge is 0.191 e. The molecule has 5 nitrogen and oxygen atoms in total. The summed E-state index contributed by atoms with van der Waals surface area (Å²) in [6.45, 7) is 6.74. The Morgan fingerprint density at radius 1 is 1.22 bits per heavy atom. The topological polar surface area (TPSA) is 54.2 Å². The first-order chi connectivity index (χ1) is 10.8. The highest BCUT2D eigenvalue weighted by Crippen LogP contribution is 2.10. The Bertz CT molecular complexity index is 580. The predicted molar refractivity (Wildman–Crippen MR) is 107 cm³/mol. The summed E-state index contributed by atoms with van der Waals surface area (Å²) >= 11 is 0. The van der Waals surface area contributed by atoms with Gasteiger partial charge in [0.1, 0.15) is 0 Å². The number of rotatable bonds is 7. The van der Waals surface area contributed by atoms with Crippen molar-refractivity contribution < 1.29 is 0 Å². The number of nitrogens with one attached hydrogen (secondary N) is 2. The third kappa shape index (κ3) is 6.60. The Labute approximate surface area is 155 Å². The predicted octanol–water partition coefficient (Wildman–Crippen LogP) is 3.35. The van der Waals surface area contributed by atoms with Gasteiger partial charge in [-0.1, -0.05) is 25.5 Å². The molecule has 0 atom stereocenters. The lowest BCUT2D eigenvalue weighted by molar-refractivity contribution is 0.730. The molecule has 0 aliphatic carbocycles. The van der Waals surface area contributed by atoms with E-state index in [-0.39, 0.29) is 24.0 Å². The molecule has 23 heavy (non-hydrogen) atoms. The van der Waals surface area contributed by atoms with E-state index in [1.165, 1.54) is 12.0 Å². The van der Waals surface area contributed by atoms with E-state index < -0.39 is 0 Å². The van der Waals surface area contributed by atoms with Crippen molar-refractivity contribution in [3.63, 3.8) is 0 Å². The molecular weight excluding hydrogens is 401 g/mol. The molecule has 0 aliphatic heterocycles. The van der Waals surface area contributed by atoms with Gasteiger partial charge in [0.2, 0.25) is 0 Å². The van der Waals surface area contributed by atoms with Crippen LogP contribution in [0.3, 0.4) is 0 Å². The molecule has 1 aromatic carbocycles. The highest BCUT2D eigenvalue weighted by atomic mass is 127. The quantitative estimate of drug-likeness (QED) is 0.309. The fourth-order valence-electron chi connectivity index (χ4n) is 2.11. The van der Waals surface area contributed by atoms with Crippen molar-refractivity contribution in [1.29, 1.82) is 0 Å². The molecule has 2 N–H and O–H groups in total. The average molecular weight is 427 g/mol. The molecule has 1 aromatic heterocycles. The zero-order valence-electron chi connectivity index (χ0n) is 13.8. The first-order valence-electron chi connectivity index (χ1n) is 7.94. The Hall–Kier alpha value is -1.57. The van der Waals surface area contributed by atoms with Crippen LogP contribution in [0.5, 0.6) is 0 Å². The van der Waals surface area contributed by atoms with Crippen LogP contribution in [-0.2, 0) is 6.54 Å². The molecule has 0 fully saturated rings. The maximum Gasteiger partial charge on any atom is 0.191 e. The second-order valence-corrected chi connectivity index (χ2v) is 5.10. The van der Waals surface area contributed by atoms with Crippen molar-refractivity contribution in [2.24, 2.45) is 4.99 Å². The second kappa shape index (κ2) is 11.0. The van der Waals surface area contributed by atoms with E-state index in [0.717, 1.165) is 31.2 Å². The molecule has 126 valence electrons. The first kappa shape index (κ1) is 19.5. The van der Waals surface area contributed by atoms with Crippen molar-refractivity contribution in [3.8, 4) is 5.69 Å². The summed E-state index contributed by atoms with van der Waals surface area (Å²) in [5, 5.41) is 10.9. The van der Waals surface area contributed by atoms with Gasteiger partial charge >= 0.3 is 0 Å². The number of hydrogen-bond acceptors (Lipinski definition) is 2. The van der Waals surface area contributed by atoms with E-state index in [1.807, 2.05) is 29.1 Å². The summed E-state index contributed by atoms with van der Waals surface area (Å²) in [7, 11) is 0. The van der Waals surface area contributed by atoms with E-state index in [1.54, 1.807) is 6.20 Å². The maximum atomic E-state index is 4.64. The number of aromatic nitrogens is 2. The molecule has 0 saturated carbocycles. The molecular formula is C17H26IN5. The van der Waals surface area contributed by atoms with Gasteiger partial charge in [-0.3, -0.25) is 0 Å². The molecule has 0 aliphatic rings. The molecule has 0 unspecified atom stereocenters. The fraction of sp³-hybridized carbons (Fsp3) is 0.412. The van der Waals surface area contributed by atoms with Gasteiger partial charge in [0.05, 0.1) is 12.2 Å². The van der Waals surface area contributed by atoms with Crippen LogP contribution in [0.4, 0.5) is 0 Å².